The van der Waals surface area contributed by atoms with E-state index >= 15 is 0 Å². The molecule has 1 saturated heterocycles. The average Bonchev–Trinajstić information content (AvgIpc) is 3.06. The Morgan fingerprint density at radius 3 is 2.19 bits per heavy atom. The number of nitrogens with zero attached hydrogens (tertiary/aromatic N) is 1. The lowest BCUT2D eigenvalue weighted by Crippen LogP contribution is -2.34. The average molecular weight is 543 g/mol. The van der Waals surface area contributed by atoms with E-state index in [-0.39, 0.29) is 24.1 Å². The summed E-state index contributed by atoms with van der Waals surface area (Å²) in [7, 11) is 0. The van der Waals surface area contributed by atoms with E-state index in [2.05, 4.69) is 5.32 Å². The quantitative estimate of drug-likeness (QED) is 0.338. The third-order valence-corrected chi connectivity index (χ3v) is 7.19. The summed E-state index contributed by atoms with van der Waals surface area (Å²) < 4.78 is 44.2. The number of benzene rings is 2. The molecule has 2 fully saturated rings. The van der Waals surface area contributed by atoms with Crippen molar-refractivity contribution in [2.24, 2.45) is 11.8 Å². The van der Waals surface area contributed by atoms with Gasteiger partial charge in [0.25, 0.3) is 5.91 Å². The van der Waals surface area contributed by atoms with E-state index < -0.39 is 70.3 Å². The largest absolute Gasteiger partial charge is 0.452 e. The SMILES string of the molecule is O=C(COC(=O)c1cccc(N2C(=O)[C@@H]3C[C@@H](Cl)[C@@H](Cl)C[C@H]3C2=O)c1)Nc1ccccc1C(F)(F)F. The van der Waals surface area contributed by atoms with Gasteiger partial charge >= 0.3 is 12.1 Å². The van der Waals surface area contributed by atoms with Gasteiger partial charge in [0.05, 0.1) is 45.1 Å². The summed E-state index contributed by atoms with van der Waals surface area (Å²) >= 11 is 12.4. The lowest BCUT2D eigenvalue weighted by atomic mass is 9.80. The van der Waals surface area contributed by atoms with Crippen molar-refractivity contribution in [2.45, 2.75) is 29.8 Å². The summed E-state index contributed by atoms with van der Waals surface area (Å²) in [6.07, 6.45) is -4.16. The molecular weight excluding hydrogens is 524 g/mol. The van der Waals surface area contributed by atoms with E-state index in [0.717, 1.165) is 17.0 Å². The Bertz CT molecular complexity index is 1190. The first-order chi connectivity index (χ1) is 17.0. The molecule has 1 aliphatic heterocycles. The molecule has 36 heavy (non-hydrogen) atoms. The van der Waals surface area contributed by atoms with Crippen molar-refractivity contribution in [2.75, 3.05) is 16.8 Å². The zero-order valence-corrected chi connectivity index (χ0v) is 19.9. The highest BCUT2D eigenvalue weighted by Gasteiger charge is 2.52. The monoisotopic (exact) mass is 542 g/mol. The van der Waals surface area contributed by atoms with Gasteiger partial charge in [0, 0.05) is 0 Å². The maximum Gasteiger partial charge on any atom is 0.418 e. The number of carbonyl (C=O) groups is 4. The standard InChI is InChI=1S/C24H19Cl2F3N2O5/c25-17-9-14-15(10-18(17)26)22(34)31(21(14)33)13-5-3-4-12(8-13)23(35)36-11-20(32)30-19-7-2-1-6-16(19)24(27,28)29/h1-8,14-15,17-18H,9-11H2,(H,30,32)/t14-,15-,17-,18+/m1/s1. The zero-order chi connectivity index (χ0) is 26.2. The first kappa shape index (κ1) is 26.0. The highest BCUT2D eigenvalue weighted by Crippen LogP contribution is 2.43. The fourth-order valence-electron chi connectivity index (χ4n) is 4.36. The fraction of sp³-hybridized carbons (Fsp3) is 0.333. The van der Waals surface area contributed by atoms with Gasteiger partial charge in [-0.2, -0.15) is 13.2 Å². The van der Waals surface area contributed by atoms with E-state index in [1.54, 1.807) is 0 Å². The number of fused-ring (bicyclic) bond motifs is 1. The minimum atomic E-state index is -4.68. The molecule has 1 N–H and O–H groups in total. The number of esters is 1. The number of carbonyl (C=O) groups excluding carboxylic acids is 4. The normalized spacial score (nSPS) is 23.9. The van der Waals surface area contributed by atoms with Crippen LogP contribution in [0.25, 0.3) is 0 Å². The second-order valence-corrected chi connectivity index (χ2v) is 9.57. The molecule has 0 aromatic heterocycles. The summed E-state index contributed by atoms with van der Waals surface area (Å²) in [4.78, 5) is 51.4. The number of nitrogens with one attached hydrogen (secondary N) is 1. The Labute approximate surface area is 213 Å². The zero-order valence-electron chi connectivity index (χ0n) is 18.4. The molecule has 0 bridgehead atoms. The van der Waals surface area contributed by atoms with E-state index in [4.69, 9.17) is 27.9 Å². The molecule has 0 unspecified atom stereocenters. The smallest absolute Gasteiger partial charge is 0.418 e. The number of hydrogen-bond donors (Lipinski definition) is 1. The number of anilines is 2. The summed E-state index contributed by atoms with van der Waals surface area (Å²) in [5, 5.41) is 1.18. The number of alkyl halides is 5. The third-order valence-electron chi connectivity index (χ3n) is 6.09. The van der Waals surface area contributed by atoms with E-state index in [9.17, 15) is 32.3 Å². The van der Waals surface area contributed by atoms with Gasteiger partial charge in [-0.05, 0) is 43.2 Å². The van der Waals surface area contributed by atoms with Gasteiger partial charge < -0.3 is 10.1 Å². The van der Waals surface area contributed by atoms with Crippen LogP contribution in [0.3, 0.4) is 0 Å². The topological polar surface area (TPSA) is 92.8 Å². The number of rotatable bonds is 5. The molecular formula is C24H19Cl2F3N2O5. The molecule has 1 aliphatic carbocycles. The first-order valence-corrected chi connectivity index (χ1v) is 11.7. The molecule has 4 atom stereocenters. The van der Waals surface area contributed by atoms with Crippen LogP contribution in [0.5, 0.6) is 0 Å². The van der Waals surface area contributed by atoms with E-state index in [1.807, 2.05) is 0 Å². The van der Waals surface area contributed by atoms with Crippen LogP contribution in [-0.4, -0.2) is 41.1 Å². The summed E-state index contributed by atoms with van der Waals surface area (Å²) in [5.74, 6) is -4.02. The maximum absolute atomic E-state index is 13.1. The molecule has 7 nitrogen and oxygen atoms in total. The summed E-state index contributed by atoms with van der Waals surface area (Å²) in [6, 6.07) is 9.91. The molecule has 2 aromatic carbocycles. The van der Waals surface area contributed by atoms with Gasteiger partial charge in [-0.15, -0.1) is 23.2 Å². The molecule has 1 heterocycles. The van der Waals surface area contributed by atoms with Crippen molar-refractivity contribution in [3.05, 3.63) is 59.7 Å². The minimum absolute atomic E-state index is 0.0584. The van der Waals surface area contributed by atoms with Crippen LogP contribution in [0.1, 0.15) is 28.8 Å². The maximum atomic E-state index is 13.1. The molecule has 190 valence electrons. The van der Waals surface area contributed by atoms with Crippen LogP contribution in [0.2, 0.25) is 0 Å². The van der Waals surface area contributed by atoms with Gasteiger partial charge in [-0.3, -0.25) is 19.3 Å². The van der Waals surface area contributed by atoms with Gasteiger partial charge in [-0.1, -0.05) is 18.2 Å². The van der Waals surface area contributed by atoms with Gasteiger partial charge in [0.1, 0.15) is 0 Å². The van der Waals surface area contributed by atoms with Gasteiger partial charge in [-0.25, -0.2) is 4.79 Å². The van der Waals surface area contributed by atoms with Crippen molar-refractivity contribution in [1.82, 2.24) is 0 Å². The second kappa shape index (κ2) is 10.1. The Hall–Kier alpha value is -3.11. The Morgan fingerprint density at radius 1 is 0.972 bits per heavy atom. The first-order valence-electron chi connectivity index (χ1n) is 10.9. The Balaban J connectivity index is 1.42. The molecule has 3 amide bonds. The van der Waals surface area contributed by atoms with Crippen molar-refractivity contribution in [3.63, 3.8) is 0 Å². The molecule has 1 saturated carbocycles. The van der Waals surface area contributed by atoms with Crippen LogP contribution in [0.15, 0.2) is 48.5 Å². The highest BCUT2D eigenvalue weighted by atomic mass is 35.5. The number of ether oxygens (including phenoxy) is 1. The molecule has 2 aliphatic rings. The van der Waals surface area contributed by atoms with Crippen LogP contribution < -0.4 is 10.2 Å². The molecule has 4 rings (SSSR count). The minimum Gasteiger partial charge on any atom is -0.452 e. The van der Waals surface area contributed by atoms with Crippen LogP contribution in [-0.2, 0) is 25.3 Å². The predicted octanol–water partition coefficient (Wildman–Crippen LogP) is 4.62. The van der Waals surface area contributed by atoms with E-state index in [0.29, 0.717) is 0 Å². The Morgan fingerprint density at radius 2 is 1.58 bits per heavy atom. The molecule has 0 radical (unpaired) electrons. The van der Waals surface area contributed by atoms with Crippen LogP contribution >= 0.6 is 23.2 Å². The molecule has 0 spiro atoms. The predicted molar refractivity (Wildman–Crippen MR) is 125 cm³/mol. The number of imide groups is 1. The van der Waals surface area contributed by atoms with E-state index in [1.165, 1.54) is 36.4 Å². The van der Waals surface area contributed by atoms with Crippen molar-refractivity contribution >= 4 is 58.3 Å². The summed E-state index contributed by atoms with van der Waals surface area (Å²) in [5.41, 5.74) is -1.43. The van der Waals surface area contributed by atoms with Crippen LogP contribution in [0, 0.1) is 11.8 Å². The second-order valence-electron chi connectivity index (χ2n) is 8.45. The van der Waals surface area contributed by atoms with Crippen LogP contribution in [0.4, 0.5) is 24.5 Å². The number of halogens is 5. The Kier molecular flexibility index (Phi) is 7.28. The summed E-state index contributed by atoms with van der Waals surface area (Å²) in [6.45, 7) is -0.852. The number of amides is 3. The number of hydrogen-bond acceptors (Lipinski definition) is 5. The molecule has 12 heteroatoms. The fourth-order valence-corrected chi connectivity index (χ4v) is 4.95. The van der Waals surface area contributed by atoms with Crippen molar-refractivity contribution in [1.29, 1.82) is 0 Å². The lowest BCUT2D eigenvalue weighted by Gasteiger charge is -2.28. The van der Waals surface area contributed by atoms with Gasteiger partial charge in [0.15, 0.2) is 6.61 Å². The highest BCUT2D eigenvalue weighted by molar-refractivity contribution is 6.31. The van der Waals surface area contributed by atoms with Gasteiger partial charge in [0.2, 0.25) is 11.8 Å². The van der Waals surface area contributed by atoms with Crippen molar-refractivity contribution in [3.8, 4) is 0 Å². The van der Waals surface area contributed by atoms with Crippen molar-refractivity contribution < 1.29 is 37.1 Å². The number of para-hydroxylation sites is 1. The lowest BCUT2D eigenvalue weighted by molar-refractivity contribution is -0.137. The third kappa shape index (κ3) is 5.19. The molecule has 2 aromatic rings.